The molecule has 0 radical (unpaired) electrons. The Kier molecular flexibility index (Phi) is 5.35. The number of hydrogen-bond acceptors (Lipinski definition) is 5. The van der Waals surface area contributed by atoms with Crippen LogP contribution < -0.4 is 10.1 Å². The highest BCUT2D eigenvalue weighted by molar-refractivity contribution is 7.10. The fraction of sp³-hybridized carbons (Fsp3) is 0.467. The summed E-state index contributed by atoms with van der Waals surface area (Å²) in [5.74, 6) is 1.27. The van der Waals surface area contributed by atoms with E-state index in [4.69, 9.17) is 4.74 Å². The normalized spacial score (nSPS) is 10.6. The van der Waals surface area contributed by atoms with E-state index in [2.05, 4.69) is 40.6 Å². The summed E-state index contributed by atoms with van der Waals surface area (Å²) >= 11 is 1.77. The number of rotatable bonds is 7. The highest BCUT2D eigenvalue weighted by Gasteiger charge is 2.06. The average molecular weight is 291 g/mol. The summed E-state index contributed by atoms with van der Waals surface area (Å²) in [5, 5.41) is 5.42. The molecule has 2 aromatic heterocycles. The number of aromatic nitrogens is 2. The molecule has 0 spiro atoms. The monoisotopic (exact) mass is 291 g/mol. The maximum Gasteiger partial charge on any atom is 0.226 e. The van der Waals surface area contributed by atoms with Crippen molar-refractivity contribution in [2.45, 2.75) is 40.2 Å². The Morgan fingerprint density at radius 3 is 2.90 bits per heavy atom. The Labute approximate surface area is 124 Å². The topological polar surface area (TPSA) is 47.0 Å². The molecule has 0 saturated carbocycles. The number of nitrogens with one attached hydrogen (secondary N) is 1. The fourth-order valence-corrected chi connectivity index (χ4v) is 2.81. The van der Waals surface area contributed by atoms with E-state index in [-0.39, 0.29) is 0 Å². The smallest absolute Gasteiger partial charge is 0.226 e. The molecule has 0 fully saturated rings. The van der Waals surface area contributed by atoms with Gasteiger partial charge in [-0.25, -0.2) is 4.98 Å². The summed E-state index contributed by atoms with van der Waals surface area (Å²) in [6.45, 7) is 7.65. The van der Waals surface area contributed by atoms with E-state index in [0.29, 0.717) is 18.4 Å². The van der Waals surface area contributed by atoms with Crippen molar-refractivity contribution in [2.75, 3.05) is 11.9 Å². The second kappa shape index (κ2) is 7.24. The first-order chi connectivity index (χ1) is 9.72. The number of aryl methyl sites for hydroxylation is 2. The molecule has 0 saturated heterocycles. The standard InChI is InChI=1S/C15H21N3OS/c1-4-7-19-14-9-11(3)17-15(18-14)16-10-13-12(5-2)6-8-20-13/h6,8-9H,4-5,7,10H2,1-3H3,(H,16,17,18). The largest absolute Gasteiger partial charge is 0.478 e. The summed E-state index contributed by atoms with van der Waals surface area (Å²) in [4.78, 5) is 10.1. The molecule has 0 atom stereocenters. The van der Waals surface area contributed by atoms with Crippen LogP contribution in [0.5, 0.6) is 5.88 Å². The van der Waals surface area contributed by atoms with E-state index in [1.807, 2.05) is 13.0 Å². The van der Waals surface area contributed by atoms with Gasteiger partial charge >= 0.3 is 0 Å². The van der Waals surface area contributed by atoms with Crippen molar-refractivity contribution < 1.29 is 4.74 Å². The van der Waals surface area contributed by atoms with Crippen molar-refractivity contribution >= 4 is 17.3 Å². The van der Waals surface area contributed by atoms with Gasteiger partial charge < -0.3 is 10.1 Å². The minimum Gasteiger partial charge on any atom is -0.478 e. The first-order valence-electron chi connectivity index (χ1n) is 7.00. The Hall–Kier alpha value is -1.62. The molecule has 2 heterocycles. The highest BCUT2D eigenvalue weighted by Crippen LogP contribution is 2.19. The molecule has 0 aromatic carbocycles. The average Bonchev–Trinajstić information content (AvgIpc) is 2.90. The van der Waals surface area contributed by atoms with E-state index >= 15 is 0 Å². The van der Waals surface area contributed by atoms with Gasteiger partial charge in [0.1, 0.15) is 0 Å². The molecule has 0 bridgehead atoms. The molecule has 0 unspecified atom stereocenters. The van der Waals surface area contributed by atoms with E-state index < -0.39 is 0 Å². The Morgan fingerprint density at radius 2 is 2.15 bits per heavy atom. The predicted molar refractivity (Wildman–Crippen MR) is 83.6 cm³/mol. The molecule has 0 aliphatic rings. The quantitative estimate of drug-likeness (QED) is 0.842. The van der Waals surface area contributed by atoms with Crippen LogP contribution in [0.15, 0.2) is 17.5 Å². The number of thiophene rings is 1. The lowest BCUT2D eigenvalue weighted by Gasteiger charge is -2.09. The summed E-state index contributed by atoms with van der Waals surface area (Å²) in [6, 6.07) is 4.04. The van der Waals surface area contributed by atoms with E-state index in [1.165, 1.54) is 10.4 Å². The van der Waals surface area contributed by atoms with Gasteiger partial charge in [-0.05, 0) is 36.8 Å². The third kappa shape index (κ3) is 3.93. The maximum atomic E-state index is 5.57. The fourth-order valence-electron chi connectivity index (χ4n) is 1.90. The second-order valence-electron chi connectivity index (χ2n) is 4.60. The Balaban J connectivity index is 2.03. The van der Waals surface area contributed by atoms with Crippen molar-refractivity contribution in [3.05, 3.63) is 33.6 Å². The van der Waals surface area contributed by atoms with Gasteiger partial charge in [0.15, 0.2) is 0 Å². The van der Waals surface area contributed by atoms with E-state index in [1.54, 1.807) is 11.3 Å². The van der Waals surface area contributed by atoms with Crippen molar-refractivity contribution in [1.29, 1.82) is 0 Å². The molecule has 0 amide bonds. The summed E-state index contributed by atoms with van der Waals surface area (Å²) in [7, 11) is 0. The van der Waals surface area contributed by atoms with Crippen LogP contribution in [0.1, 0.15) is 36.4 Å². The van der Waals surface area contributed by atoms with Gasteiger partial charge in [-0.1, -0.05) is 13.8 Å². The third-order valence-electron chi connectivity index (χ3n) is 2.91. The molecule has 2 aromatic rings. The zero-order valence-electron chi connectivity index (χ0n) is 12.3. The molecule has 108 valence electrons. The maximum absolute atomic E-state index is 5.57. The summed E-state index contributed by atoms with van der Waals surface area (Å²) in [5.41, 5.74) is 2.30. The highest BCUT2D eigenvalue weighted by atomic mass is 32.1. The van der Waals surface area contributed by atoms with Crippen LogP contribution in [-0.2, 0) is 13.0 Å². The van der Waals surface area contributed by atoms with Crippen molar-refractivity contribution in [3.8, 4) is 5.88 Å². The SMILES string of the molecule is CCCOc1cc(C)nc(NCc2sccc2CC)n1. The first kappa shape index (κ1) is 14.8. The van der Waals surface area contributed by atoms with Gasteiger partial charge in [0.25, 0.3) is 0 Å². The second-order valence-corrected chi connectivity index (χ2v) is 5.60. The lowest BCUT2D eigenvalue weighted by molar-refractivity contribution is 0.305. The molecule has 0 aliphatic carbocycles. The van der Waals surface area contributed by atoms with Crippen molar-refractivity contribution in [3.63, 3.8) is 0 Å². The van der Waals surface area contributed by atoms with Gasteiger partial charge in [0.2, 0.25) is 11.8 Å². The van der Waals surface area contributed by atoms with Crippen LogP contribution in [0.25, 0.3) is 0 Å². The Morgan fingerprint density at radius 1 is 1.30 bits per heavy atom. The molecule has 1 N–H and O–H groups in total. The van der Waals surface area contributed by atoms with Gasteiger partial charge in [0, 0.05) is 16.6 Å². The van der Waals surface area contributed by atoms with Gasteiger partial charge in [0.05, 0.1) is 13.2 Å². The molecule has 2 rings (SSSR count). The van der Waals surface area contributed by atoms with Gasteiger partial charge in [-0.2, -0.15) is 4.98 Å². The number of ether oxygens (including phenoxy) is 1. The Bertz CT molecular complexity index is 554. The van der Waals surface area contributed by atoms with Crippen molar-refractivity contribution in [1.82, 2.24) is 9.97 Å². The summed E-state index contributed by atoms with van der Waals surface area (Å²) in [6.07, 6.45) is 2.03. The van der Waals surface area contributed by atoms with Gasteiger partial charge in [-0.3, -0.25) is 0 Å². The molecular weight excluding hydrogens is 270 g/mol. The van der Waals surface area contributed by atoms with Crippen LogP contribution >= 0.6 is 11.3 Å². The first-order valence-corrected chi connectivity index (χ1v) is 7.88. The zero-order valence-corrected chi connectivity index (χ0v) is 13.1. The number of hydrogen-bond donors (Lipinski definition) is 1. The van der Waals surface area contributed by atoms with Crippen LogP contribution in [0, 0.1) is 6.92 Å². The third-order valence-corrected chi connectivity index (χ3v) is 3.87. The van der Waals surface area contributed by atoms with Crippen LogP contribution in [-0.4, -0.2) is 16.6 Å². The van der Waals surface area contributed by atoms with Crippen LogP contribution in [0.4, 0.5) is 5.95 Å². The lowest BCUT2D eigenvalue weighted by atomic mass is 10.2. The lowest BCUT2D eigenvalue weighted by Crippen LogP contribution is -2.06. The van der Waals surface area contributed by atoms with Crippen LogP contribution in [0.2, 0.25) is 0 Å². The number of nitrogens with zero attached hydrogens (tertiary/aromatic N) is 2. The van der Waals surface area contributed by atoms with E-state index in [0.717, 1.165) is 25.1 Å². The molecule has 20 heavy (non-hydrogen) atoms. The molecule has 4 nitrogen and oxygen atoms in total. The minimum atomic E-state index is 0.631. The molecule has 0 aliphatic heterocycles. The number of anilines is 1. The van der Waals surface area contributed by atoms with Gasteiger partial charge in [-0.15, -0.1) is 11.3 Å². The molecule has 5 heteroatoms. The zero-order chi connectivity index (χ0) is 14.4. The minimum absolute atomic E-state index is 0.631. The van der Waals surface area contributed by atoms with Crippen LogP contribution in [0.3, 0.4) is 0 Å². The van der Waals surface area contributed by atoms with Crippen molar-refractivity contribution in [2.24, 2.45) is 0 Å². The summed E-state index contributed by atoms with van der Waals surface area (Å²) < 4.78 is 5.57. The predicted octanol–water partition coefficient (Wildman–Crippen LogP) is 3.81. The van der Waals surface area contributed by atoms with E-state index in [9.17, 15) is 0 Å². The molecular formula is C15H21N3OS.